The Kier molecular flexibility index (Phi) is 6.03. The Morgan fingerprint density at radius 3 is 2.25 bits per heavy atom. The van der Waals surface area contributed by atoms with Gasteiger partial charge in [-0.1, -0.05) is 25.7 Å². The quantitative estimate of drug-likeness (QED) is 0.451. The minimum Gasteiger partial charge on any atom is -1.00 e. The second kappa shape index (κ2) is 5.60. The zero-order valence-corrected chi connectivity index (χ0v) is 10.3. The molecule has 3 nitrogen and oxygen atoms in total. The predicted octanol–water partition coefficient (Wildman–Crippen LogP) is -1.43. The monoisotopic (exact) mass is 202 g/mol. The molecule has 0 spiro atoms. The van der Waals surface area contributed by atoms with E-state index in [1.54, 1.807) is 0 Å². The molecule has 0 atom stereocenters. The maximum absolute atomic E-state index is 10.3. The molecule has 0 amide bonds. The fourth-order valence-corrected chi connectivity index (χ4v) is 2.25. The average Bonchev–Trinajstić information content (AvgIpc) is 2.32. The molecule has 1 fully saturated rings. The summed E-state index contributed by atoms with van der Waals surface area (Å²) >= 11 is 0. The molecule has 1 aliphatic rings. The van der Waals surface area contributed by atoms with Crippen LogP contribution in [-0.2, 0) is 10.1 Å². The Morgan fingerprint density at radius 1 is 1.33 bits per heavy atom. The van der Waals surface area contributed by atoms with Gasteiger partial charge >= 0.3 is 29.6 Å². The molecule has 68 valence electrons. The average molecular weight is 202 g/mol. The van der Waals surface area contributed by atoms with E-state index in [0.29, 0.717) is 12.3 Å². The summed E-state index contributed by atoms with van der Waals surface area (Å²) in [6, 6.07) is 0. The Balaban J connectivity index is 0. The van der Waals surface area contributed by atoms with Crippen LogP contribution in [0.1, 0.15) is 33.5 Å². The number of hydrogen-bond acceptors (Lipinski definition) is 2. The van der Waals surface area contributed by atoms with Gasteiger partial charge in [-0.15, -0.1) is 0 Å². The van der Waals surface area contributed by atoms with Crippen molar-refractivity contribution in [3.8, 4) is 0 Å². The fraction of sp³-hybridized carbons (Fsp3) is 1.00. The Bertz CT molecular complexity index is 212. The van der Waals surface area contributed by atoms with Crippen LogP contribution in [0.15, 0.2) is 0 Å². The van der Waals surface area contributed by atoms with E-state index < -0.39 is 10.1 Å². The van der Waals surface area contributed by atoms with E-state index in [-0.39, 0.29) is 36.7 Å². The third kappa shape index (κ3) is 5.54. The largest absolute Gasteiger partial charge is 1.00 e. The summed E-state index contributed by atoms with van der Waals surface area (Å²) in [6.45, 7) is 0. The van der Waals surface area contributed by atoms with Gasteiger partial charge in [0, 0.05) is 0 Å². The molecule has 0 radical (unpaired) electrons. The molecule has 12 heavy (non-hydrogen) atoms. The van der Waals surface area contributed by atoms with Gasteiger partial charge in [0.1, 0.15) is 0 Å². The van der Waals surface area contributed by atoms with Crippen LogP contribution in [0.25, 0.3) is 0 Å². The molecule has 1 rings (SSSR count). The van der Waals surface area contributed by atoms with Crippen molar-refractivity contribution in [1.82, 2.24) is 0 Å². The first-order chi connectivity index (χ1) is 5.08. The molecule has 0 aliphatic heterocycles. The molecule has 1 saturated carbocycles. The second-order valence-corrected chi connectivity index (χ2v) is 4.80. The smallest absolute Gasteiger partial charge is 1.00 e. The Morgan fingerprint density at radius 2 is 1.83 bits per heavy atom. The summed E-state index contributed by atoms with van der Waals surface area (Å²) in [4.78, 5) is 0. The summed E-state index contributed by atoms with van der Waals surface area (Å²) in [7, 11) is -3.71. The van der Waals surface area contributed by atoms with Crippen molar-refractivity contribution in [2.75, 3.05) is 5.75 Å². The Hall–Kier alpha value is 0.910. The van der Waals surface area contributed by atoms with Gasteiger partial charge in [0.25, 0.3) is 10.1 Å². The summed E-state index contributed by atoms with van der Waals surface area (Å²) in [5.41, 5.74) is 0. The van der Waals surface area contributed by atoms with Crippen LogP contribution in [-0.4, -0.2) is 18.7 Å². The molecule has 0 aromatic carbocycles. The van der Waals surface area contributed by atoms with Crippen molar-refractivity contribution >= 4 is 10.1 Å². The van der Waals surface area contributed by atoms with Crippen LogP contribution < -0.4 is 29.6 Å². The van der Waals surface area contributed by atoms with E-state index in [1.807, 2.05) is 0 Å². The molecule has 0 heterocycles. The van der Waals surface area contributed by atoms with E-state index in [1.165, 1.54) is 12.8 Å². The third-order valence-electron chi connectivity index (χ3n) is 2.26. The zero-order chi connectivity index (χ0) is 8.32. The van der Waals surface area contributed by atoms with Crippen molar-refractivity contribution in [3.05, 3.63) is 0 Å². The standard InChI is InChI=1S/C7H14O3S.Na.H/c8-11(9,10)6-5-7-3-1-2-4-7;;/h7H,1-6H2,(H,8,9,10);;/q;+1;-1. The number of hydrogen-bond donors (Lipinski definition) is 1. The molecule has 0 unspecified atom stereocenters. The molecular formula is C7H15NaO3S. The van der Waals surface area contributed by atoms with Crippen molar-refractivity contribution < 1.29 is 44.0 Å². The van der Waals surface area contributed by atoms with Gasteiger partial charge in [-0.3, -0.25) is 4.55 Å². The first-order valence-corrected chi connectivity index (χ1v) is 5.64. The van der Waals surface area contributed by atoms with Crippen LogP contribution in [0, 0.1) is 5.92 Å². The summed E-state index contributed by atoms with van der Waals surface area (Å²) in [5.74, 6) is 0.481. The van der Waals surface area contributed by atoms with E-state index in [4.69, 9.17) is 4.55 Å². The normalized spacial score (nSPS) is 19.1. The van der Waals surface area contributed by atoms with E-state index in [9.17, 15) is 8.42 Å². The van der Waals surface area contributed by atoms with Crippen LogP contribution in [0.5, 0.6) is 0 Å². The van der Waals surface area contributed by atoms with Crippen molar-refractivity contribution in [3.63, 3.8) is 0 Å². The minimum atomic E-state index is -3.71. The van der Waals surface area contributed by atoms with Crippen LogP contribution >= 0.6 is 0 Å². The van der Waals surface area contributed by atoms with E-state index in [2.05, 4.69) is 0 Å². The van der Waals surface area contributed by atoms with Gasteiger partial charge in [0.15, 0.2) is 0 Å². The van der Waals surface area contributed by atoms with E-state index in [0.717, 1.165) is 12.8 Å². The summed E-state index contributed by atoms with van der Waals surface area (Å²) < 4.78 is 29.1. The summed E-state index contributed by atoms with van der Waals surface area (Å²) in [6.07, 6.45) is 5.34. The predicted molar refractivity (Wildman–Crippen MR) is 44.1 cm³/mol. The zero-order valence-electron chi connectivity index (χ0n) is 8.49. The summed E-state index contributed by atoms with van der Waals surface area (Å²) in [5, 5.41) is 0. The molecule has 0 saturated heterocycles. The first-order valence-electron chi connectivity index (χ1n) is 4.03. The van der Waals surface area contributed by atoms with Crippen molar-refractivity contribution in [2.24, 2.45) is 5.92 Å². The van der Waals surface area contributed by atoms with Gasteiger partial charge in [-0.05, 0) is 12.3 Å². The van der Waals surface area contributed by atoms with Crippen LogP contribution in [0.4, 0.5) is 0 Å². The van der Waals surface area contributed by atoms with Crippen molar-refractivity contribution in [1.29, 1.82) is 0 Å². The molecular weight excluding hydrogens is 187 g/mol. The molecule has 1 N–H and O–H groups in total. The molecule has 0 aromatic heterocycles. The Labute approximate surface area is 97.4 Å². The molecule has 1 aliphatic carbocycles. The maximum atomic E-state index is 10.3. The van der Waals surface area contributed by atoms with Gasteiger partial charge in [-0.2, -0.15) is 8.42 Å². The SMILES string of the molecule is O=S(=O)(O)CCC1CCCC1.[H-].[Na+]. The fourth-order valence-electron chi connectivity index (χ4n) is 1.61. The van der Waals surface area contributed by atoms with Gasteiger partial charge in [0.05, 0.1) is 5.75 Å². The van der Waals surface area contributed by atoms with Gasteiger partial charge in [-0.25, -0.2) is 0 Å². The molecule has 0 aromatic rings. The van der Waals surface area contributed by atoms with Crippen LogP contribution in [0.3, 0.4) is 0 Å². The maximum Gasteiger partial charge on any atom is 1.00 e. The first kappa shape index (κ1) is 12.9. The number of rotatable bonds is 3. The minimum absolute atomic E-state index is 0. The molecule has 0 bridgehead atoms. The van der Waals surface area contributed by atoms with Crippen molar-refractivity contribution in [2.45, 2.75) is 32.1 Å². The van der Waals surface area contributed by atoms with Gasteiger partial charge < -0.3 is 1.43 Å². The third-order valence-corrected chi connectivity index (χ3v) is 3.01. The van der Waals surface area contributed by atoms with Crippen LogP contribution in [0.2, 0.25) is 0 Å². The van der Waals surface area contributed by atoms with Gasteiger partial charge in [0.2, 0.25) is 0 Å². The van der Waals surface area contributed by atoms with E-state index >= 15 is 0 Å². The topological polar surface area (TPSA) is 54.4 Å². The second-order valence-electron chi connectivity index (χ2n) is 3.23. The molecule has 5 heteroatoms.